The first-order valence-electron chi connectivity index (χ1n) is 8.72. The first-order valence-corrected chi connectivity index (χ1v) is 8.72. The van der Waals surface area contributed by atoms with Gasteiger partial charge in [-0.15, -0.1) is 0 Å². The highest BCUT2D eigenvalue weighted by Crippen LogP contribution is 2.22. The van der Waals surface area contributed by atoms with Crippen molar-refractivity contribution in [1.29, 1.82) is 0 Å². The molecule has 4 rings (SSSR count). The van der Waals surface area contributed by atoms with Gasteiger partial charge in [0.1, 0.15) is 0 Å². The number of pyridine rings is 1. The Bertz CT molecular complexity index is 961. The van der Waals surface area contributed by atoms with Crippen LogP contribution in [0.3, 0.4) is 0 Å². The van der Waals surface area contributed by atoms with E-state index in [2.05, 4.69) is 10.3 Å². The molecule has 0 aliphatic carbocycles. The number of fused-ring (bicyclic) bond motifs is 1. The van der Waals surface area contributed by atoms with Crippen LogP contribution in [0.25, 0.3) is 10.9 Å². The van der Waals surface area contributed by atoms with Crippen molar-refractivity contribution in [1.82, 2.24) is 9.88 Å². The number of hydrogen-bond donors (Lipinski definition) is 1. The highest BCUT2D eigenvalue weighted by atomic mass is 16.2. The Kier molecular flexibility index (Phi) is 4.35. The Morgan fingerprint density at radius 2 is 1.92 bits per heavy atom. The summed E-state index contributed by atoms with van der Waals surface area (Å²) in [5.41, 5.74) is 3.21. The van der Waals surface area contributed by atoms with Crippen molar-refractivity contribution >= 4 is 28.4 Å². The van der Waals surface area contributed by atoms with Crippen LogP contribution >= 0.6 is 0 Å². The summed E-state index contributed by atoms with van der Waals surface area (Å²) in [6, 6.07) is 16.9. The maximum absolute atomic E-state index is 12.6. The molecule has 0 bridgehead atoms. The van der Waals surface area contributed by atoms with Crippen LogP contribution in [0.15, 0.2) is 60.8 Å². The molecule has 0 spiro atoms. The predicted octanol–water partition coefficient (Wildman–Crippen LogP) is 3.61. The summed E-state index contributed by atoms with van der Waals surface area (Å²) in [4.78, 5) is 30.5. The first-order chi connectivity index (χ1) is 12.7. The minimum atomic E-state index is -0.162. The van der Waals surface area contributed by atoms with Gasteiger partial charge in [-0.05, 0) is 48.4 Å². The van der Waals surface area contributed by atoms with E-state index in [0.717, 1.165) is 35.1 Å². The van der Waals surface area contributed by atoms with E-state index in [9.17, 15) is 9.59 Å². The second-order valence-electron chi connectivity index (χ2n) is 6.45. The standard InChI is InChI=1S/C21H19N3O2/c25-20-7-3-13-24(20)14-15-8-10-16(11-9-15)21(26)23-19-6-1-5-18-17(19)4-2-12-22-18/h1-2,4-6,8-12H,3,7,13-14H2,(H,23,26). The molecule has 1 saturated heterocycles. The third kappa shape index (κ3) is 3.28. The van der Waals surface area contributed by atoms with Crippen LogP contribution < -0.4 is 5.32 Å². The Morgan fingerprint density at radius 1 is 1.08 bits per heavy atom. The fourth-order valence-corrected chi connectivity index (χ4v) is 3.26. The molecule has 1 aliphatic heterocycles. The van der Waals surface area contributed by atoms with Gasteiger partial charge in [0.15, 0.2) is 0 Å². The number of carbonyl (C=O) groups is 2. The summed E-state index contributed by atoms with van der Waals surface area (Å²) in [5, 5.41) is 3.87. The Hall–Kier alpha value is -3.21. The van der Waals surface area contributed by atoms with Crippen molar-refractivity contribution in [3.05, 3.63) is 71.9 Å². The van der Waals surface area contributed by atoms with E-state index >= 15 is 0 Å². The number of amides is 2. The molecule has 1 N–H and O–H groups in total. The molecule has 0 radical (unpaired) electrons. The summed E-state index contributed by atoms with van der Waals surface area (Å²) >= 11 is 0. The number of benzene rings is 2. The number of nitrogens with one attached hydrogen (secondary N) is 1. The number of nitrogens with zero attached hydrogens (tertiary/aromatic N) is 2. The van der Waals surface area contributed by atoms with Crippen LogP contribution in [0.4, 0.5) is 5.69 Å². The van der Waals surface area contributed by atoms with Crippen molar-refractivity contribution in [2.75, 3.05) is 11.9 Å². The van der Waals surface area contributed by atoms with E-state index in [0.29, 0.717) is 18.5 Å². The maximum Gasteiger partial charge on any atom is 0.255 e. The molecule has 0 unspecified atom stereocenters. The van der Waals surface area contributed by atoms with Gasteiger partial charge in [-0.3, -0.25) is 14.6 Å². The molecule has 2 aromatic carbocycles. The molecule has 1 fully saturated rings. The van der Waals surface area contributed by atoms with Crippen molar-refractivity contribution in [3.63, 3.8) is 0 Å². The Labute approximate surface area is 151 Å². The lowest BCUT2D eigenvalue weighted by Gasteiger charge is -2.15. The Morgan fingerprint density at radius 3 is 2.69 bits per heavy atom. The average molecular weight is 345 g/mol. The molecular weight excluding hydrogens is 326 g/mol. The third-order valence-corrected chi connectivity index (χ3v) is 4.65. The van der Waals surface area contributed by atoms with E-state index in [1.54, 1.807) is 18.3 Å². The smallest absolute Gasteiger partial charge is 0.255 e. The van der Waals surface area contributed by atoms with Gasteiger partial charge in [0.25, 0.3) is 5.91 Å². The lowest BCUT2D eigenvalue weighted by atomic mass is 10.1. The molecule has 0 saturated carbocycles. The Balaban J connectivity index is 1.48. The molecule has 26 heavy (non-hydrogen) atoms. The first kappa shape index (κ1) is 16.3. The van der Waals surface area contributed by atoms with Crippen LogP contribution in [-0.2, 0) is 11.3 Å². The molecule has 2 heterocycles. The molecule has 0 atom stereocenters. The molecule has 5 nitrogen and oxygen atoms in total. The predicted molar refractivity (Wildman–Crippen MR) is 101 cm³/mol. The number of hydrogen-bond acceptors (Lipinski definition) is 3. The number of aromatic nitrogens is 1. The molecule has 1 aliphatic rings. The fraction of sp³-hybridized carbons (Fsp3) is 0.190. The van der Waals surface area contributed by atoms with Gasteiger partial charge in [0, 0.05) is 36.7 Å². The maximum atomic E-state index is 12.6. The van der Waals surface area contributed by atoms with Gasteiger partial charge < -0.3 is 10.2 Å². The van der Waals surface area contributed by atoms with Crippen LogP contribution in [-0.4, -0.2) is 28.2 Å². The van der Waals surface area contributed by atoms with E-state index in [1.165, 1.54) is 0 Å². The van der Waals surface area contributed by atoms with Gasteiger partial charge in [0.05, 0.1) is 11.2 Å². The second-order valence-corrected chi connectivity index (χ2v) is 6.45. The molecular formula is C21H19N3O2. The van der Waals surface area contributed by atoms with E-state index < -0.39 is 0 Å². The van der Waals surface area contributed by atoms with Crippen LogP contribution in [0.1, 0.15) is 28.8 Å². The van der Waals surface area contributed by atoms with Gasteiger partial charge in [-0.25, -0.2) is 0 Å². The molecule has 5 heteroatoms. The second kappa shape index (κ2) is 6.96. The van der Waals surface area contributed by atoms with Gasteiger partial charge in [-0.1, -0.05) is 18.2 Å². The van der Waals surface area contributed by atoms with Gasteiger partial charge in [-0.2, -0.15) is 0 Å². The van der Waals surface area contributed by atoms with Crippen LogP contribution in [0, 0.1) is 0 Å². The highest BCUT2D eigenvalue weighted by Gasteiger charge is 2.20. The summed E-state index contributed by atoms with van der Waals surface area (Å²) in [7, 11) is 0. The van der Waals surface area contributed by atoms with Crippen LogP contribution in [0.2, 0.25) is 0 Å². The zero-order valence-electron chi connectivity index (χ0n) is 14.3. The quantitative estimate of drug-likeness (QED) is 0.786. The molecule has 130 valence electrons. The summed E-state index contributed by atoms with van der Waals surface area (Å²) in [6.07, 6.45) is 3.30. The van der Waals surface area contributed by atoms with E-state index in [1.807, 2.05) is 47.4 Å². The number of carbonyl (C=O) groups excluding carboxylic acids is 2. The number of rotatable bonds is 4. The minimum Gasteiger partial charge on any atom is -0.338 e. The van der Waals surface area contributed by atoms with Gasteiger partial charge in [0.2, 0.25) is 5.91 Å². The van der Waals surface area contributed by atoms with Crippen molar-refractivity contribution in [3.8, 4) is 0 Å². The summed E-state index contributed by atoms with van der Waals surface area (Å²) in [6.45, 7) is 1.42. The summed E-state index contributed by atoms with van der Waals surface area (Å²) in [5.74, 6) is 0.0431. The van der Waals surface area contributed by atoms with Crippen molar-refractivity contribution < 1.29 is 9.59 Å². The summed E-state index contributed by atoms with van der Waals surface area (Å²) < 4.78 is 0. The average Bonchev–Trinajstić information content (AvgIpc) is 3.07. The van der Waals surface area contributed by atoms with Crippen molar-refractivity contribution in [2.24, 2.45) is 0 Å². The number of likely N-dealkylation sites (tertiary alicyclic amines) is 1. The lowest BCUT2D eigenvalue weighted by Crippen LogP contribution is -2.23. The zero-order valence-corrected chi connectivity index (χ0v) is 14.3. The molecule has 1 aromatic heterocycles. The largest absolute Gasteiger partial charge is 0.338 e. The molecule has 2 amide bonds. The normalized spacial score (nSPS) is 14.0. The zero-order chi connectivity index (χ0) is 17.9. The molecule has 3 aromatic rings. The third-order valence-electron chi connectivity index (χ3n) is 4.65. The van der Waals surface area contributed by atoms with Gasteiger partial charge >= 0.3 is 0 Å². The topological polar surface area (TPSA) is 62.3 Å². The lowest BCUT2D eigenvalue weighted by molar-refractivity contribution is -0.128. The fourth-order valence-electron chi connectivity index (χ4n) is 3.26. The number of anilines is 1. The van der Waals surface area contributed by atoms with Crippen molar-refractivity contribution in [2.45, 2.75) is 19.4 Å². The highest BCUT2D eigenvalue weighted by molar-refractivity contribution is 6.08. The SMILES string of the molecule is O=C(Nc1cccc2ncccc12)c1ccc(CN2CCCC2=O)cc1. The van der Waals surface area contributed by atoms with Crippen LogP contribution in [0.5, 0.6) is 0 Å². The minimum absolute atomic E-state index is 0.162. The van der Waals surface area contributed by atoms with E-state index in [4.69, 9.17) is 0 Å². The monoisotopic (exact) mass is 345 g/mol. The van der Waals surface area contributed by atoms with E-state index in [-0.39, 0.29) is 11.8 Å².